The van der Waals surface area contributed by atoms with Crippen molar-refractivity contribution in [1.82, 2.24) is 0 Å². The lowest BCUT2D eigenvalue weighted by molar-refractivity contribution is -0.932. The summed E-state index contributed by atoms with van der Waals surface area (Å²) in [5.41, 5.74) is 3.59. The number of likely N-dealkylation sites (tertiary alicyclic amines) is 1. The molecule has 1 atom stereocenters. The van der Waals surface area contributed by atoms with Crippen LogP contribution < -0.4 is 4.74 Å². The van der Waals surface area contributed by atoms with Gasteiger partial charge in [0.1, 0.15) is 31.5 Å². The number of non-ortho nitro benzene ring substituents is 1. The Hall–Kier alpha value is -2.44. The van der Waals surface area contributed by atoms with Crippen molar-refractivity contribution < 1.29 is 19.2 Å². The van der Waals surface area contributed by atoms with Crippen molar-refractivity contribution in [2.75, 3.05) is 26.2 Å². The summed E-state index contributed by atoms with van der Waals surface area (Å²) >= 11 is 0. The highest BCUT2D eigenvalue weighted by molar-refractivity contribution is 5.43. The van der Waals surface area contributed by atoms with Crippen LogP contribution in [-0.4, -0.2) is 46.9 Å². The molecule has 6 nitrogen and oxygen atoms in total. The fourth-order valence-corrected chi connectivity index (χ4v) is 4.92. The Morgan fingerprint density at radius 2 is 1.62 bits per heavy atom. The lowest BCUT2D eigenvalue weighted by Gasteiger charge is -2.36. The highest BCUT2D eigenvalue weighted by atomic mass is 16.6. The molecule has 0 radical (unpaired) electrons. The maximum Gasteiger partial charge on any atom is 0.269 e. The highest BCUT2D eigenvalue weighted by Crippen LogP contribution is 2.35. The van der Waals surface area contributed by atoms with E-state index < -0.39 is 6.10 Å². The van der Waals surface area contributed by atoms with Gasteiger partial charge in [-0.15, -0.1) is 0 Å². The first-order valence-corrected chi connectivity index (χ1v) is 12.3. The normalized spacial score (nSPS) is 16.9. The molecule has 3 rings (SSSR count). The number of nitrogens with zero attached hydrogens (tertiary/aromatic N) is 2. The predicted molar refractivity (Wildman–Crippen MR) is 136 cm³/mol. The average molecular weight is 470 g/mol. The van der Waals surface area contributed by atoms with Crippen molar-refractivity contribution in [1.29, 1.82) is 0 Å². The quantitative estimate of drug-likeness (QED) is 0.304. The van der Waals surface area contributed by atoms with Gasteiger partial charge in [-0.05, 0) is 40.2 Å². The molecule has 2 aromatic carbocycles. The van der Waals surface area contributed by atoms with Crippen LogP contribution in [0, 0.1) is 10.1 Å². The summed E-state index contributed by atoms with van der Waals surface area (Å²) in [5, 5.41) is 21.9. The molecule has 2 aromatic rings. The molecule has 6 heteroatoms. The first kappa shape index (κ1) is 26.2. The first-order valence-electron chi connectivity index (χ1n) is 12.3. The summed E-state index contributed by atoms with van der Waals surface area (Å²) in [6.45, 7) is 16.8. The van der Waals surface area contributed by atoms with Crippen LogP contribution in [0.4, 0.5) is 5.69 Å². The minimum atomic E-state index is -0.591. The fourth-order valence-electron chi connectivity index (χ4n) is 4.92. The minimum Gasteiger partial charge on any atom is -0.490 e. The molecule has 0 unspecified atom stereocenters. The number of nitro groups is 1. The Morgan fingerprint density at radius 1 is 1.00 bits per heavy atom. The van der Waals surface area contributed by atoms with Crippen LogP contribution in [0.15, 0.2) is 42.5 Å². The van der Waals surface area contributed by atoms with Gasteiger partial charge in [0.2, 0.25) is 0 Å². The molecule has 0 bridgehead atoms. The predicted octanol–water partition coefficient (Wildman–Crippen LogP) is 5.74. The van der Waals surface area contributed by atoms with Gasteiger partial charge in [-0.2, -0.15) is 0 Å². The van der Waals surface area contributed by atoms with Gasteiger partial charge in [-0.1, -0.05) is 53.7 Å². The number of hydrogen-bond donors (Lipinski definition) is 1. The summed E-state index contributed by atoms with van der Waals surface area (Å²) < 4.78 is 6.99. The Morgan fingerprint density at radius 3 is 2.15 bits per heavy atom. The lowest BCUT2D eigenvalue weighted by atomic mass is 9.80. The van der Waals surface area contributed by atoms with E-state index in [1.54, 1.807) is 12.1 Å². The molecule has 186 valence electrons. The van der Waals surface area contributed by atoms with E-state index in [1.165, 1.54) is 5.56 Å². The zero-order valence-corrected chi connectivity index (χ0v) is 21.6. The zero-order chi connectivity index (χ0) is 25.1. The van der Waals surface area contributed by atoms with E-state index in [0.29, 0.717) is 6.54 Å². The van der Waals surface area contributed by atoms with Crippen LogP contribution in [0.25, 0.3) is 0 Å². The Balaban J connectivity index is 1.70. The largest absolute Gasteiger partial charge is 0.490 e. The average Bonchev–Trinajstić information content (AvgIpc) is 3.19. The molecule has 0 aliphatic carbocycles. The van der Waals surface area contributed by atoms with Gasteiger partial charge in [0, 0.05) is 30.5 Å². The Labute approximate surface area is 204 Å². The van der Waals surface area contributed by atoms with Crippen LogP contribution in [0.5, 0.6) is 5.75 Å². The Kier molecular flexibility index (Phi) is 7.73. The van der Waals surface area contributed by atoms with E-state index in [4.69, 9.17) is 4.74 Å². The van der Waals surface area contributed by atoms with Crippen LogP contribution in [-0.2, 0) is 17.4 Å². The zero-order valence-electron chi connectivity index (χ0n) is 21.6. The number of rotatable bonds is 8. The molecular weight excluding hydrogens is 428 g/mol. The monoisotopic (exact) mass is 469 g/mol. The topological polar surface area (TPSA) is 72.6 Å². The van der Waals surface area contributed by atoms with Crippen molar-refractivity contribution in [3.05, 3.63) is 69.3 Å². The fraction of sp³-hybridized carbons (Fsp3) is 0.571. The Bertz CT molecular complexity index is 981. The van der Waals surface area contributed by atoms with Crippen molar-refractivity contribution in [2.45, 2.75) is 77.9 Å². The van der Waals surface area contributed by atoms with Gasteiger partial charge >= 0.3 is 0 Å². The van der Waals surface area contributed by atoms with Gasteiger partial charge < -0.3 is 14.3 Å². The molecule has 1 fully saturated rings. The number of ether oxygens (including phenoxy) is 1. The molecule has 0 saturated carbocycles. The minimum absolute atomic E-state index is 0.0578. The molecule has 1 aliphatic rings. The van der Waals surface area contributed by atoms with Gasteiger partial charge in [0.25, 0.3) is 5.69 Å². The summed E-state index contributed by atoms with van der Waals surface area (Å²) in [7, 11) is 0. The van der Waals surface area contributed by atoms with E-state index in [9.17, 15) is 15.2 Å². The van der Waals surface area contributed by atoms with Crippen molar-refractivity contribution in [2.24, 2.45) is 0 Å². The maximum atomic E-state index is 11.0. The van der Waals surface area contributed by atoms with Crippen LogP contribution >= 0.6 is 0 Å². The van der Waals surface area contributed by atoms with Crippen molar-refractivity contribution in [3.63, 3.8) is 0 Å². The second-order valence-corrected chi connectivity index (χ2v) is 11.9. The third kappa shape index (κ3) is 6.57. The molecule has 1 aliphatic heterocycles. The van der Waals surface area contributed by atoms with Crippen molar-refractivity contribution >= 4 is 5.69 Å². The van der Waals surface area contributed by atoms with Gasteiger partial charge in [-0.3, -0.25) is 10.1 Å². The van der Waals surface area contributed by atoms with E-state index in [0.717, 1.165) is 53.8 Å². The number of aliphatic hydroxyl groups excluding tert-OH is 1. The number of hydrogen-bond acceptors (Lipinski definition) is 4. The smallest absolute Gasteiger partial charge is 0.269 e. The number of aliphatic hydroxyl groups is 1. The summed E-state index contributed by atoms with van der Waals surface area (Å²) in [6, 6.07) is 13.2. The summed E-state index contributed by atoms with van der Waals surface area (Å²) in [5.74, 6) is 0.836. The van der Waals surface area contributed by atoms with Gasteiger partial charge in [0.05, 0.1) is 18.0 Å². The number of nitro benzene ring substituents is 1. The van der Waals surface area contributed by atoms with E-state index in [-0.39, 0.29) is 28.0 Å². The van der Waals surface area contributed by atoms with Crippen molar-refractivity contribution in [3.8, 4) is 5.75 Å². The van der Waals surface area contributed by atoms with Gasteiger partial charge in [0.15, 0.2) is 0 Å². The molecule has 1 saturated heterocycles. The molecule has 0 aromatic heterocycles. The molecule has 1 heterocycles. The molecule has 1 N–H and O–H groups in total. The van der Waals surface area contributed by atoms with Gasteiger partial charge in [-0.25, -0.2) is 0 Å². The summed E-state index contributed by atoms with van der Waals surface area (Å²) in [4.78, 5) is 10.6. The molecule has 0 amide bonds. The lowest BCUT2D eigenvalue weighted by Crippen LogP contribution is -2.50. The van der Waals surface area contributed by atoms with E-state index in [2.05, 4.69) is 53.7 Å². The molecule has 34 heavy (non-hydrogen) atoms. The number of quaternary nitrogens is 1. The van der Waals surface area contributed by atoms with Crippen LogP contribution in [0.3, 0.4) is 0 Å². The van der Waals surface area contributed by atoms with E-state index >= 15 is 0 Å². The second kappa shape index (κ2) is 10.0. The second-order valence-electron chi connectivity index (χ2n) is 11.9. The standard InChI is InChI=1S/C28H41N2O4/c1-27(2,3)22-11-14-26(25(17-22)28(4,5)6)34-20-24(31)19-30(15-7-8-16-30)18-21-9-12-23(13-10-21)29(32)33/h9-14,17,24,31H,7-8,15-16,18-20H2,1-6H3/q+1/t24-/m1/s1. The first-order chi connectivity index (χ1) is 15.8. The maximum absolute atomic E-state index is 11.0. The SMILES string of the molecule is CC(C)(C)c1ccc(OC[C@H](O)C[N+]2(Cc3ccc([N+](=O)[O-])cc3)CCCC2)c(C(C)(C)C)c1. The number of benzene rings is 2. The van der Waals surface area contributed by atoms with Crippen LogP contribution in [0.1, 0.15) is 71.1 Å². The van der Waals surface area contributed by atoms with Crippen LogP contribution in [0.2, 0.25) is 0 Å². The highest BCUT2D eigenvalue weighted by Gasteiger charge is 2.35. The third-order valence-corrected chi connectivity index (χ3v) is 6.86. The molecular formula is C28H41N2O4+. The van der Waals surface area contributed by atoms with E-state index in [1.807, 2.05) is 18.2 Å². The summed E-state index contributed by atoms with van der Waals surface area (Å²) in [6.07, 6.45) is 1.66. The molecule has 0 spiro atoms. The third-order valence-electron chi connectivity index (χ3n) is 6.86.